The molecular weight excluding hydrogens is 878 g/mol. The molecule has 4 aromatic heterocycles. The van der Waals surface area contributed by atoms with E-state index < -0.39 is 10.8 Å². The Morgan fingerprint density at radius 2 is 1.28 bits per heavy atom. The van der Waals surface area contributed by atoms with E-state index in [1.807, 2.05) is 6.20 Å². The number of rotatable bonds is 6. The molecule has 0 bridgehead atoms. The third kappa shape index (κ3) is 5.88. The molecule has 9 rings (SSSR count). The predicted octanol–water partition coefficient (Wildman–Crippen LogP) is 11.4. The molecule has 4 aromatic carbocycles. The number of pyridine rings is 2. The van der Waals surface area contributed by atoms with Crippen LogP contribution in [0, 0.1) is 39.8 Å². The summed E-state index contributed by atoms with van der Waals surface area (Å²) >= 11 is 0. The van der Waals surface area contributed by atoms with Crippen LogP contribution < -0.4 is 0 Å². The molecule has 6 heteroatoms. The van der Waals surface area contributed by atoms with E-state index in [0.717, 1.165) is 67.8 Å². The summed E-state index contributed by atoms with van der Waals surface area (Å²) in [6.07, 6.45) is 1.96. The fraction of sp³-hybridized carbons (Fsp3) is 0.235. The van der Waals surface area contributed by atoms with Gasteiger partial charge in [-0.3, -0.25) is 14.6 Å². The smallest absolute Gasteiger partial charge is 0.333 e. The van der Waals surface area contributed by atoms with Crippen molar-refractivity contribution < 1.29 is 21.1 Å². The third-order valence-electron chi connectivity index (χ3n) is 12.1. The van der Waals surface area contributed by atoms with Gasteiger partial charge in [-0.05, 0) is 84.3 Å². The minimum Gasteiger partial charge on any atom is -0.333 e. The summed E-state index contributed by atoms with van der Waals surface area (Å²) in [6, 6.07) is 49.5. The Bertz CT molecular complexity index is 2770. The molecule has 0 saturated carbocycles. The van der Waals surface area contributed by atoms with Gasteiger partial charge in [0.1, 0.15) is 0 Å². The average molecular weight is 925 g/mol. The standard InChI is InChI=1S/C51H47N5.Pt/c1-32-34(3)55-46(50(8,9)45-29-37(26-27-52-45)49(5,6)7)30-39(31-47(55)53-32)51(43-24-15-13-22-41(43)42-23-14-16-25-44(42)51)38-20-17-21-40(28-38)56-35(4)48(33(2)54-56)36-18-11-10-12-19-36;/h10-27,29,31H,1-9H3;/q-2;+2. The molecule has 1 aliphatic rings. The minimum absolute atomic E-state index is 0. The largest absolute Gasteiger partial charge is 2.00 e. The average Bonchev–Trinajstić information content (AvgIpc) is 3.79. The van der Waals surface area contributed by atoms with Crippen molar-refractivity contribution in [3.63, 3.8) is 0 Å². The van der Waals surface area contributed by atoms with Gasteiger partial charge in [0.2, 0.25) is 0 Å². The normalized spacial score (nSPS) is 13.4. The zero-order valence-corrected chi connectivity index (χ0v) is 36.4. The summed E-state index contributed by atoms with van der Waals surface area (Å²) in [5, 5.41) is 5.12. The first-order valence-corrected chi connectivity index (χ1v) is 19.6. The van der Waals surface area contributed by atoms with E-state index in [0.29, 0.717) is 0 Å². The van der Waals surface area contributed by atoms with Crippen molar-refractivity contribution in [3.05, 3.63) is 196 Å². The first-order chi connectivity index (χ1) is 26.8. The van der Waals surface area contributed by atoms with Gasteiger partial charge in [-0.15, -0.1) is 11.6 Å². The quantitative estimate of drug-likeness (QED) is 0.156. The number of hydrogen-bond acceptors (Lipinski definition) is 3. The van der Waals surface area contributed by atoms with Gasteiger partial charge in [-0.2, -0.15) is 34.9 Å². The monoisotopic (exact) mass is 924 g/mol. The van der Waals surface area contributed by atoms with Gasteiger partial charge in [0.15, 0.2) is 0 Å². The minimum atomic E-state index is -0.761. The summed E-state index contributed by atoms with van der Waals surface area (Å²) in [4.78, 5) is 10.3. The summed E-state index contributed by atoms with van der Waals surface area (Å²) in [5.74, 6) is 0. The van der Waals surface area contributed by atoms with Crippen molar-refractivity contribution in [1.82, 2.24) is 24.1 Å². The number of nitrogens with zero attached hydrogens (tertiary/aromatic N) is 5. The van der Waals surface area contributed by atoms with Crippen LogP contribution in [0.5, 0.6) is 0 Å². The second-order valence-corrected chi connectivity index (χ2v) is 16.9. The van der Waals surface area contributed by atoms with Crippen LogP contribution in [-0.4, -0.2) is 24.1 Å². The molecular formula is C51H47N5Pt. The third-order valence-corrected chi connectivity index (χ3v) is 12.1. The predicted molar refractivity (Wildman–Crippen MR) is 227 cm³/mol. The second-order valence-electron chi connectivity index (χ2n) is 16.9. The van der Waals surface area contributed by atoms with Crippen molar-refractivity contribution in [2.45, 2.75) is 78.6 Å². The summed E-state index contributed by atoms with van der Waals surface area (Å²) in [7, 11) is 0. The van der Waals surface area contributed by atoms with E-state index in [4.69, 9.17) is 15.1 Å². The summed E-state index contributed by atoms with van der Waals surface area (Å²) in [6.45, 7) is 19.8. The maximum absolute atomic E-state index is 5.22. The topological polar surface area (TPSA) is 48.0 Å². The zero-order chi connectivity index (χ0) is 39.1. The Balaban J connectivity index is 0.00000455. The van der Waals surface area contributed by atoms with Crippen LogP contribution in [0.2, 0.25) is 0 Å². The van der Waals surface area contributed by atoms with Gasteiger partial charge < -0.3 is 4.40 Å². The fourth-order valence-electron chi connectivity index (χ4n) is 9.02. The van der Waals surface area contributed by atoms with Gasteiger partial charge >= 0.3 is 21.1 Å². The van der Waals surface area contributed by atoms with Gasteiger partial charge in [-0.1, -0.05) is 119 Å². The molecule has 1 aliphatic carbocycles. The van der Waals surface area contributed by atoms with E-state index in [1.54, 1.807) is 0 Å². The number of aryl methyl sites for hydroxylation is 3. The molecule has 0 unspecified atom stereocenters. The number of aromatic nitrogens is 5. The first-order valence-electron chi connectivity index (χ1n) is 19.6. The van der Waals surface area contributed by atoms with E-state index in [9.17, 15) is 0 Å². The van der Waals surface area contributed by atoms with Crippen LogP contribution >= 0.6 is 0 Å². The molecule has 0 atom stereocenters. The van der Waals surface area contributed by atoms with Crippen molar-refractivity contribution in [3.8, 4) is 27.9 Å². The van der Waals surface area contributed by atoms with E-state index in [2.05, 4.69) is 199 Å². The van der Waals surface area contributed by atoms with Gasteiger partial charge in [0, 0.05) is 34.0 Å². The van der Waals surface area contributed by atoms with Crippen molar-refractivity contribution in [2.24, 2.45) is 0 Å². The molecule has 0 saturated heterocycles. The van der Waals surface area contributed by atoms with Crippen molar-refractivity contribution >= 4 is 5.65 Å². The molecule has 57 heavy (non-hydrogen) atoms. The Kier molecular flexibility index (Phi) is 9.40. The number of hydrogen-bond donors (Lipinski definition) is 0. The van der Waals surface area contributed by atoms with Crippen molar-refractivity contribution in [1.29, 1.82) is 0 Å². The molecule has 0 aliphatic heterocycles. The van der Waals surface area contributed by atoms with E-state index in [1.165, 1.54) is 27.8 Å². The van der Waals surface area contributed by atoms with Gasteiger partial charge in [0.05, 0.1) is 22.7 Å². The van der Waals surface area contributed by atoms with Crippen molar-refractivity contribution in [2.75, 3.05) is 0 Å². The van der Waals surface area contributed by atoms with Crippen LogP contribution in [0.4, 0.5) is 0 Å². The second kappa shape index (κ2) is 13.9. The number of benzene rings is 4. The van der Waals surface area contributed by atoms with Crippen LogP contribution in [0.3, 0.4) is 0 Å². The maximum atomic E-state index is 5.22. The zero-order valence-electron chi connectivity index (χ0n) is 34.1. The molecule has 0 fully saturated rings. The Morgan fingerprint density at radius 3 is 1.95 bits per heavy atom. The molecule has 4 heterocycles. The molecule has 0 spiro atoms. The first kappa shape index (κ1) is 38.5. The molecule has 0 N–H and O–H groups in total. The van der Waals surface area contributed by atoms with E-state index >= 15 is 0 Å². The molecule has 0 amide bonds. The SMILES string of the molecule is Cc1nn(-c2[c-]c(C3(c4[c-]c(C(C)(C)c5cc(C(C)(C)C)ccn5)n5c(C)c(C)nc5c4)c4ccccc4-c4ccccc43)ccc2)c(C)c1-c1ccccc1.[Pt+2]. The molecule has 8 aromatic rings. The Labute approximate surface area is 351 Å². The van der Waals surface area contributed by atoms with Crippen LogP contribution in [0.1, 0.15) is 96.6 Å². The van der Waals surface area contributed by atoms with Gasteiger partial charge in [-0.25, -0.2) is 6.07 Å². The Hall–Kier alpha value is -5.38. The fourth-order valence-corrected chi connectivity index (χ4v) is 9.02. The molecule has 5 nitrogen and oxygen atoms in total. The molecule has 286 valence electrons. The van der Waals surface area contributed by atoms with E-state index in [-0.39, 0.29) is 26.5 Å². The van der Waals surface area contributed by atoms with Gasteiger partial charge in [0.25, 0.3) is 0 Å². The van der Waals surface area contributed by atoms with Crippen LogP contribution in [-0.2, 0) is 37.3 Å². The number of fused-ring (bicyclic) bond motifs is 4. The van der Waals surface area contributed by atoms with Crippen LogP contribution in [0.15, 0.2) is 121 Å². The maximum Gasteiger partial charge on any atom is 2.00 e. The Morgan fingerprint density at radius 1 is 0.632 bits per heavy atom. The summed E-state index contributed by atoms with van der Waals surface area (Å²) < 4.78 is 4.35. The summed E-state index contributed by atoms with van der Waals surface area (Å²) in [5.41, 5.74) is 17.1. The van der Waals surface area contributed by atoms with Crippen LogP contribution in [0.25, 0.3) is 33.6 Å². The number of imidazole rings is 1. The molecule has 0 radical (unpaired) electrons.